The van der Waals surface area contributed by atoms with Gasteiger partial charge in [-0.2, -0.15) is 0 Å². The number of sulfonamides is 1. The molecule has 118 valence electrons. The first-order chi connectivity index (χ1) is 9.82. The molecule has 0 aromatic carbocycles. The van der Waals surface area contributed by atoms with Crippen molar-refractivity contribution in [3.05, 3.63) is 18.0 Å². The normalized spacial score (nSPS) is 16.7. The van der Waals surface area contributed by atoms with Gasteiger partial charge >= 0.3 is 0 Å². The molecule has 0 radical (unpaired) electrons. The minimum Gasteiger partial charge on any atom is -0.377 e. The highest BCUT2D eigenvalue weighted by Crippen LogP contribution is 2.37. The molecule has 0 aliphatic heterocycles. The van der Waals surface area contributed by atoms with Gasteiger partial charge < -0.3 is 14.6 Å². The zero-order chi connectivity index (χ0) is 15.6. The molecule has 8 heteroatoms. The van der Waals surface area contributed by atoms with Gasteiger partial charge in [0, 0.05) is 25.4 Å². The Bertz CT molecular complexity index is 619. The molecular formula is C13H21N3O4S. The summed E-state index contributed by atoms with van der Waals surface area (Å²) in [6.45, 7) is 4.69. The maximum atomic E-state index is 12.2. The number of amides is 1. The highest BCUT2D eigenvalue weighted by atomic mass is 32.2. The maximum absolute atomic E-state index is 12.2. The number of primary sulfonamides is 1. The van der Waals surface area contributed by atoms with Crippen molar-refractivity contribution in [3.63, 3.8) is 0 Å². The van der Waals surface area contributed by atoms with Gasteiger partial charge in [0.1, 0.15) is 10.6 Å². The minimum absolute atomic E-state index is 0.0302. The number of hydrogen-bond acceptors (Lipinski definition) is 4. The minimum atomic E-state index is -3.81. The Kier molecular flexibility index (Phi) is 4.70. The van der Waals surface area contributed by atoms with Crippen LogP contribution in [0.1, 0.15) is 43.2 Å². The summed E-state index contributed by atoms with van der Waals surface area (Å²) in [5.74, 6) is -0.316. The Labute approximate surface area is 124 Å². The zero-order valence-corrected chi connectivity index (χ0v) is 13.0. The van der Waals surface area contributed by atoms with Crippen molar-refractivity contribution in [2.75, 3.05) is 13.2 Å². The molecule has 1 unspecified atom stereocenters. The number of nitrogens with two attached hydrogens (primary N) is 1. The van der Waals surface area contributed by atoms with E-state index in [1.165, 1.54) is 12.3 Å². The van der Waals surface area contributed by atoms with E-state index in [9.17, 15) is 13.2 Å². The summed E-state index contributed by atoms with van der Waals surface area (Å²) in [5, 5.41) is 7.88. The van der Waals surface area contributed by atoms with E-state index >= 15 is 0 Å². The molecule has 1 amide bonds. The van der Waals surface area contributed by atoms with E-state index < -0.39 is 10.0 Å². The van der Waals surface area contributed by atoms with E-state index in [1.807, 2.05) is 13.8 Å². The molecule has 0 bridgehead atoms. The summed E-state index contributed by atoms with van der Waals surface area (Å²) in [6, 6.07) is 1.51. The Balaban J connectivity index is 2.14. The monoisotopic (exact) mass is 315 g/mol. The summed E-state index contributed by atoms with van der Waals surface area (Å²) < 4.78 is 29.9. The second-order valence-corrected chi connectivity index (χ2v) is 6.78. The first-order valence-corrected chi connectivity index (χ1v) is 8.52. The highest BCUT2D eigenvalue weighted by molar-refractivity contribution is 7.89. The van der Waals surface area contributed by atoms with Crippen LogP contribution in [0.2, 0.25) is 0 Å². The fourth-order valence-electron chi connectivity index (χ4n) is 2.12. The molecule has 1 atom stereocenters. The van der Waals surface area contributed by atoms with Crippen molar-refractivity contribution in [3.8, 4) is 0 Å². The fraction of sp³-hybridized carbons (Fsp3) is 0.615. The average molecular weight is 315 g/mol. The molecule has 1 aliphatic carbocycles. The number of carbonyl (C=O) groups is 1. The summed E-state index contributed by atoms with van der Waals surface area (Å²) in [5.41, 5.74) is 0.324. The van der Waals surface area contributed by atoms with Crippen molar-refractivity contribution in [1.29, 1.82) is 0 Å². The number of hydrogen-bond donors (Lipinski definition) is 2. The van der Waals surface area contributed by atoms with Crippen molar-refractivity contribution in [2.24, 2.45) is 5.14 Å². The Morgan fingerprint density at radius 3 is 2.76 bits per heavy atom. The van der Waals surface area contributed by atoms with Crippen LogP contribution in [0.15, 0.2) is 17.2 Å². The molecule has 1 aromatic rings. The lowest BCUT2D eigenvalue weighted by atomic mass is 10.3. The molecule has 1 aliphatic rings. The van der Waals surface area contributed by atoms with Gasteiger partial charge in [-0.25, -0.2) is 13.6 Å². The molecule has 2 rings (SSSR count). The quantitative estimate of drug-likeness (QED) is 0.770. The van der Waals surface area contributed by atoms with E-state index in [1.54, 1.807) is 4.57 Å². The molecule has 7 nitrogen and oxygen atoms in total. The summed E-state index contributed by atoms with van der Waals surface area (Å²) in [7, 11) is -3.81. The molecule has 1 heterocycles. The smallest absolute Gasteiger partial charge is 0.268 e. The van der Waals surface area contributed by atoms with Crippen LogP contribution in [0.25, 0.3) is 0 Å². The molecule has 3 N–H and O–H groups in total. The van der Waals surface area contributed by atoms with Gasteiger partial charge in [-0.05, 0) is 32.8 Å². The third kappa shape index (κ3) is 4.05. The number of nitrogens with one attached hydrogen (secondary N) is 1. The highest BCUT2D eigenvalue weighted by Gasteiger charge is 2.29. The lowest BCUT2D eigenvalue weighted by Crippen LogP contribution is -2.33. The van der Waals surface area contributed by atoms with Crippen molar-refractivity contribution < 1.29 is 17.9 Å². The summed E-state index contributed by atoms with van der Waals surface area (Å²) in [6.07, 6.45) is 3.22. The van der Waals surface area contributed by atoms with Crippen LogP contribution < -0.4 is 10.5 Å². The van der Waals surface area contributed by atoms with Gasteiger partial charge in [-0.3, -0.25) is 4.79 Å². The van der Waals surface area contributed by atoms with Crippen LogP contribution in [0.3, 0.4) is 0 Å². The molecule has 0 saturated heterocycles. The Morgan fingerprint density at radius 1 is 1.57 bits per heavy atom. The van der Waals surface area contributed by atoms with Gasteiger partial charge in [0.2, 0.25) is 10.0 Å². The largest absolute Gasteiger partial charge is 0.377 e. The average Bonchev–Trinajstić information content (AvgIpc) is 3.13. The molecule has 0 spiro atoms. The molecule has 21 heavy (non-hydrogen) atoms. The van der Waals surface area contributed by atoms with Crippen LogP contribution in [-0.4, -0.2) is 38.1 Å². The SMILES string of the molecule is CCOC(C)CNC(=O)c1cc(S(N)(=O)=O)cn1C1CC1. The van der Waals surface area contributed by atoms with Crippen LogP contribution in [-0.2, 0) is 14.8 Å². The Hall–Kier alpha value is -1.38. The van der Waals surface area contributed by atoms with Gasteiger partial charge in [0.05, 0.1) is 6.10 Å². The predicted molar refractivity (Wildman–Crippen MR) is 77.5 cm³/mol. The van der Waals surface area contributed by atoms with Gasteiger partial charge in [0.15, 0.2) is 0 Å². The van der Waals surface area contributed by atoms with E-state index in [0.717, 1.165) is 12.8 Å². The standard InChI is InChI=1S/C13H21N3O4S/c1-3-20-9(2)7-15-13(17)12-6-11(21(14,18)19)8-16(12)10-4-5-10/h6,8-10H,3-5,7H2,1-2H3,(H,15,17)(H2,14,18,19). The topological polar surface area (TPSA) is 103 Å². The van der Waals surface area contributed by atoms with Crippen LogP contribution in [0, 0.1) is 0 Å². The van der Waals surface area contributed by atoms with Crippen LogP contribution in [0.5, 0.6) is 0 Å². The predicted octanol–water partition coefficient (Wildman–Crippen LogP) is 0.625. The number of rotatable bonds is 7. The Morgan fingerprint density at radius 2 is 2.24 bits per heavy atom. The summed E-state index contributed by atoms with van der Waals surface area (Å²) in [4.78, 5) is 12.2. The third-order valence-electron chi connectivity index (χ3n) is 3.33. The number of aromatic nitrogens is 1. The first-order valence-electron chi connectivity index (χ1n) is 6.97. The van der Waals surface area contributed by atoms with E-state index in [2.05, 4.69) is 5.32 Å². The van der Waals surface area contributed by atoms with Gasteiger partial charge in [0.25, 0.3) is 5.91 Å². The molecule has 1 saturated carbocycles. The van der Waals surface area contributed by atoms with Crippen molar-refractivity contribution in [1.82, 2.24) is 9.88 Å². The van der Waals surface area contributed by atoms with Crippen molar-refractivity contribution >= 4 is 15.9 Å². The lowest BCUT2D eigenvalue weighted by Gasteiger charge is -2.13. The van der Waals surface area contributed by atoms with E-state index in [0.29, 0.717) is 18.8 Å². The number of ether oxygens (including phenoxy) is 1. The fourth-order valence-corrected chi connectivity index (χ4v) is 2.65. The van der Waals surface area contributed by atoms with Crippen molar-refractivity contribution in [2.45, 2.75) is 43.7 Å². The lowest BCUT2D eigenvalue weighted by molar-refractivity contribution is 0.0691. The molecule has 1 fully saturated rings. The molecule has 1 aromatic heterocycles. The first kappa shape index (κ1) is 16.0. The summed E-state index contributed by atoms with van der Waals surface area (Å²) >= 11 is 0. The van der Waals surface area contributed by atoms with Crippen LogP contribution >= 0.6 is 0 Å². The maximum Gasteiger partial charge on any atom is 0.268 e. The second-order valence-electron chi connectivity index (χ2n) is 5.22. The number of nitrogens with zero attached hydrogens (tertiary/aromatic N) is 1. The van der Waals surface area contributed by atoms with Gasteiger partial charge in [-0.1, -0.05) is 0 Å². The number of carbonyl (C=O) groups excluding carboxylic acids is 1. The van der Waals surface area contributed by atoms with Gasteiger partial charge in [-0.15, -0.1) is 0 Å². The van der Waals surface area contributed by atoms with E-state index in [-0.39, 0.29) is 22.9 Å². The van der Waals surface area contributed by atoms with E-state index in [4.69, 9.17) is 9.88 Å². The third-order valence-corrected chi connectivity index (χ3v) is 4.21. The zero-order valence-electron chi connectivity index (χ0n) is 12.2. The molecular weight excluding hydrogens is 294 g/mol. The van der Waals surface area contributed by atoms with Crippen LogP contribution in [0.4, 0.5) is 0 Å². The second kappa shape index (κ2) is 6.17.